The van der Waals surface area contributed by atoms with Gasteiger partial charge in [0.25, 0.3) is 17.7 Å². The third-order valence-electron chi connectivity index (χ3n) is 5.39. The monoisotopic (exact) mass is 419 g/mol. The van der Waals surface area contributed by atoms with Crippen LogP contribution in [0.15, 0.2) is 18.2 Å². The van der Waals surface area contributed by atoms with Gasteiger partial charge in [0.2, 0.25) is 5.91 Å². The molecule has 0 spiro atoms. The van der Waals surface area contributed by atoms with Crippen LogP contribution in [0.2, 0.25) is 0 Å². The summed E-state index contributed by atoms with van der Waals surface area (Å²) in [6.45, 7) is 0.578. The molecule has 1 aromatic carbocycles. The number of amides is 4. The quantitative estimate of drug-likeness (QED) is 0.384. The Hall–Kier alpha value is -2.41. The third-order valence-corrected chi connectivity index (χ3v) is 5.66. The average Bonchev–Trinajstić information content (AvgIpc) is 2.99. The summed E-state index contributed by atoms with van der Waals surface area (Å²) in [5.41, 5.74) is 0.982. The first-order valence-electron chi connectivity index (χ1n) is 10.2. The lowest BCUT2D eigenvalue weighted by molar-refractivity contribution is -0.121. The SMILES string of the molecule is O=C(CCCCl)NCCNC(=O)c1ccc2c(c1)C(=O)N(C1CCCCC1)C2=O. The van der Waals surface area contributed by atoms with Gasteiger partial charge in [-0.1, -0.05) is 19.3 Å². The zero-order chi connectivity index (χ0) is 20.8. The highest BCUT2D eigenvalue weighted by Crippen LogP contribution is 2.31. The minimum absolute atomic E-state index is 0.0455. The van der Waals surface area contributed by atoms with Crippen molar-refractivity contribution >= 4 is 35.2 Å². The minimum Gasteiger partial charge on any atom is -0.354 e. The summed E-state index contributed by atoms with van der Waals surface area (Å²) >= 11 is 5.54. The van der Waals surface area contributed by atoms with Crippen LogP contribution in [0.25, 0.3) is 0 Å². The van der Waals surface area contributed by atoms with Gasteiger partial charge in [0.15, 0.2) is 0 Å². The lowest BCUT2D eigenvalue weighted by Gasteiger charge is -2.29. The van der Waals surface area contributed by atoms with Crippen LogP contribution in [0.5, 0.6) is 0 Å². The second-order valence-corrected chi connectivity index (χ2v) is 7.81. The van der Waals surface area contributed by atoms with Crippen molar-refractivity contribution in [1.82, 2.24) is 15.5 Å². The fourth-order valence-electron chi connectivity index (χ4n) is 3.87. The van der Waals surface area contributed by atoms with Gasteiger partial charge in [0.1, 0.15) is 0 Å². The van der Waals surface area contributed by atoms with Gasteiger partial charge in [0, 0.05) is 37.0 Å². The van der Waals surface area contributed by atoms with E-state index < -0.39 is 0 Å². The normalized spacial score (nSPS) is 16.7. The highest BCUT2D eigenvalue weighted by atomic mass is 35.5. The minimum atomic E-state index is -0.348. The number of halogens is 1. The van der Waals surface area contributed by atoms with Gasteiger partial charge >= 0.3 is 0 Å². The molecular formula is C21H26ClN3O4. The number of alkyl halides is 1. The highest BCUT2D eigenvalue weighted by molar-refractivity contribution is 6.22. The number of carbonyl (C=O) groups excluding carboxylic acids is 4. The summed E-state index contributed by atoms with van der Waals surface area (Å²) in [5, 5.41) is 5.42. The Kier molecular flexibility index (Phi) is 7.25. The van der Waals surface area contributed by atoms with Crippen molar-refractivity contribution in [2.75, 3.05) is 19.0 Å². The number of imide groups is 1. The van der Waals surface area contributed by atoms with Gasteiger partial charge in [-0.05, 0) is 37.5 Å². The number of fused-ring (bicyclic) bond motifs is 1. The Balaban J connectivity index is 1.58. The largest absolute Gasteiger partial charge is 0.354 e. The lowest BCUT2D eigenvalue weighted by atomic mass is 9.94. The van der Waals surface area contributed by atoms with Gasteiger partial charge in [-0.2, -0.15) is 0 Å². The van der Waals surface area contributed by atoms with Gasteiger partial charge in [-0.3, -0.25) is 24.1 Å². The maximum Gasteiger partial charge on any atom is 0.261 e. The number of nitrogens with zero attached hydrogens (tertiary/aromatic N) is 1. The molecule has 0 radical (unpaired) electrons. The number of carbonyl (C=O) groups is 4. The van der Waals surface area contributed by atoms with Crippen LogP contribution in [-0.2, 0) is 4.79 Å². The Morgan fingerprint density at radius 1 is 1.00 bits per heavy atom. The summed E-state index contributed by atoms with van der Waals surface area (Å²) in [4.78, 5) is 50.8. The molecule has 2 aliphatic rings. The standard InChI is InChI=1S/C21H26ClN3O4/c22-10-4-7-18(26)23-11-12-24-19(27)14-8-9-16-17(13-14)21(29)25(20(16)28)15-5-2-1-3-6-15/h8-9,13,15H,1-7,10-12H2,(H,23,26)(H,24,27). The van der Waals surface area contributed by atoms with Crippen molar-refractivity contribution in [3.8, 4) is 0 Å². The number of hydrogen-bond acceptors (Lipinski definition) is 4. The van der Waals surface area contributed by atoms with Crippen LogP contribution in [0.3, 0.4) is 0 Å². The number of rotatable bonds is 8. The average molecular weight is 420 g/mol. The second kappa shape index (κ2) is 9.87. The molecule has 2 N–H and O–H groups in total. The molecule has 0 aromatic heterocycles. The number of benzene rings is 1. The lowest BCUT2D eigenvalue weighted by Crippen LogP contribution is -2.40. The summed E-state index contributed by atoms with van der Waals surface area (Å²) in [6, 6.07) is 4.56. The molecule has 7 nitrogen and oxygen atoms in total. The van der Waals surface area contributed by atoms with Crippen molar-refractivity contribution in [2.45, 2.75) is 51.0 Å². The molecule has 1 aliphatic heterocycles. The van der Waals surface area contributed by atoms with Crippen LogP contribution in [0.1, 0.15) is 76.0 Å². The Bertz CT molecular complexity index is 805. The first-order valence-corrected chi connectivity index (χ1v) is 10.7. The highest BCUT2D eigenvalue weighted by Gasteiger charge is 2.40. The molecule has 1 aliphatic carbocycles. The molecule has 0 atom stereocenters. The van der Waals surface area contributed by atoms with Crippen LogP contribution < -0.4 is 10.6 Å². The van der Waals surface area contributed by atoms with Crippen LogP contribution in [-0.4, -0.2) is 53.5 Å². The first kappa shape index (κ1) is 21.3. The Morgan fingerprint density at radius 3 is 2.41 bits per heavy atom. The molecule has 8 heteroatoms. The molecule has 1 aromatic rings. The zero-order valence-electron chi connectivity index (χ0n) is 16.3. The van der Waals surface area contributed by atoms with E-state index in [0.29, 0.717) is 42.0 Å². The molecule has 0 unspecified atom stereocenters. The van der Waals surface area contributed by atoms with E-state index in [2.05, 4.69) is 10.6 Å². The van der Waals surface area contributed by atoms with Crippen molar-refractivity contribution in [1.29, 1.82) is 0 Å². The molecule has 1 fully saturated rings. The van der Waals surface area contributed by atoms with Crippen molar-refractivity contribution in [3.05, 3.63) is 34.9 Å². The van der Waals surface area contributed by atoms with E-state index in [9.17, 15) is 19.2 Å². The van der Waals surface area contributed by atoms with E-state index >= 15 is 0 Å². The maximum atomic E-state index is 12.8. The van der Waals surface area contributed by atoms with E-state index in [4.69, 9.17) is 11.6 Å². The van der Waals surface area contributed by atoms with E-state index in [1.54, 1.807) is 12.1 Å². The molecule has 3 rings (SSSR count). The molecular weight excluding hydrogens is 394 g/mol. The maximum absolute atomic E-state index is 12.8. The molecule has 0 bridgehead atoms. The van der Waals surface area contributed by atoms with E-state index in [-0.39, 0.29) is 36.2 Å². The van der Waals surface area contributed by atoms with Crippen LogP contribution >= 0.6 is 11.6 Å². The topological polar surface area (TPSA) is 95.6 Å². The Labute approximate surface area is 175 Å². The van der Waals surface area contributed by atoms with Gasteiger partial charge in [0.05, 0.1) is 11.1 Å². The summed E-state index contributed by atoms with van der Waals surface area (Å²) in [5.74, 6) is -0.591. The molecule has 29 heavy (non-hydrogen) atoms. The predicted molar refractivity (Wildman–Crippen MR) is 109 cm³/mol. The summed E-state index contributed by atoms with van der Waals surface area (Å²) in [6.07, 6.45) is 5.83. The summed E-state index contributed by atoms with van der Waals surface area (Å²) in [7, 11) is 0. The fourth-order valence-corrected chi connectivity index (χ4v) is 4.00. The van der Waals surface area contributed by atoms with Crippen molar-refractivity contribution in [3.63, 3.8) is 0 Å². The van der Waals surface area contributed by atoms with Crippen LogP contribution in [0.4, 0.5) is 0 Å². The van der Waals surface area contributed by atoms with Crippen molar-refractivity contribution < 1.29 is 19.2 Å². The van der Waals surface area contributed by atoms with E-state index in [1.165, 1.54) is 11.0 Å². The molecule has 1 heterocycles. The van der Waals surface area contributed by atoms with Crippen molar-refractivity contribution in [2.24, 2.45) is 0 Å². The number of hydrogen-bond donors (Lipinski definition) is 2. The second-order valence-electron chi connectivity index (χ2n) is 7.43. The molecule has 156 valence electrons. The number of nitrogens with one attached hydrogen (secondary N) is 2. The van der Waals surface area contributed by atoms with Crippen LogP contribution in [0, 0.1) is 0 Å². The molecule has 1 saturated carbocycles. The van der Waals surface area contributed by atoms with Gasteiger partial charge in [-0.15, -0.1) is 11.6 Å². The van der Waals surface area contributed by atoms with E-state index in [1.807, 2.05) is 0 Å². The summed E-state index contributed by atoms with van der Waals surface area (Å²) < 4.78 is 0. The third kappa shape index (κ3) is 4.96. The van der Waals surface area contributed by atoms with E-state index in [0.717, 1.165) is 32.1 Å². The van der Waals surface area contributed by atoms with Gasteiger partial charge < -0.3 is 10.6 Å². The van der Waals surface area contributed by atoms with Gasteiger partial charge in [-0.25, -0.2) is 0 Å². The fraction of sp³-hybridized carbons (Fsp3) is 0.524. The zero-order valence-corrected chi connectivity index (χ0v) is 17.1. The predicted octanol–water partition coefficient (Wildman–Crippen LogP) is 2.48. The first-order chi connectivity index (χ1) is 14.0. The Morgan fingerprint density at radius 2 is 1.69 bits per heavy atom. The molecule has 0 saturated heterocycles. The molecule has 4 amide bonds. The smallest absolute Gasteiger partial charge is 0.261 e.